The van der Waals surface area contributed by atoms with E-state index in [1.54, 1.807) is 0 Å². The average molecular weight is 244 g/mol. The summed E-state index contributed by atoms with van der Waals surface area (Å²) < 4.78 is 0. The van der Waals surface area contributed by atoms with E-state index in [2.05, 4.69) is 11.4 Å². The van der Waals surface area contributed by atoms with Gasteiger partial charge in [0.2, 0.25) is 0 Å². The number of hydrogen-bond donors (Lipinski definition) is 2. The molecule has 2 N–H and O–H groups in total. The Kier molecular flexibility index (Phi) is 4.22. The zero-order chi connectivity index (χ0) is 13.0. The van der Waals surface area contributed by atoms with Crippen molar-refractivity contribution in [3.8, 4) is 6.07 Å². The number of nitrogens with one attached hydrogen (secondary N) is 1. The third-order valence-corrected chi connectivity index (χ3v) is 3.80. The van der Waals surface area contributed by atoms with Crippen LogP contribution in [-0.4, -0.2) is 17.8 Å². The molecule has 1 fully saturated rings. The van der Waals surface area contributed by atoms with Crippen molar-refractivity contribution in [3.63, 3.8) is 0 Å². The second-order valence-electron chi connectivity index (χ2n) is 5.10. The van der Waals surface area contributed by atoms with Crippen LogP contribution in [0.4, 0.5) is 5.69 Å². The number of benzene rings is 1. The van der Waals surface area contributed by atoms with Gasteiger partial charge in [-0.15, -0.1) is 0 Å². The summed E-state index contributed by atoms with van der Waals surface area (Å²) >= 11 is 0. The van der Waals surface area contributed by atoms with Gasteiger partial charge < -0.3 is 10.4 Å². The molecule has 0 saturated heterocycles. The first kappa shape index (κ1) is 12.9. The van der Waals surface area contributed by atoms with E-state index in [0.29, 0.717) is 11.5 Å². The van der Waals surface area contributed by atoms with Crippen molar-refractivity contribution in [1.29, 1.82) is 5.26 Å². The number of aliphatic hydroxyl groups excluding tert-OH is 1. The van der Waals surface area contributed by atoms with Crippen molar-refractivity contribution >= 4 is 5.69 Å². The lowest BCUT2D eigenvalue weighted by molar-refractivity contribution is 0.0763. The van der Waals surface area contributed by atoms with Gasteiger partial charge in [0.25, 0.3) is 0 Å². The van der Waals surface area contributed by atoms with E-state index < -0.39 is 0 Å². The number of nitriles is 1. The van der Waals surface area contributed by atoms with Crippen molar-refractivity contribution in [3.05, 3.63) is 29.3 Å². The van der Waals surface area contributed by atoms with E-state index in [-0.39, 0.29) is 6.10 Å². The third-order valence-electron chi connectivity index (χ3n) is 3.80. The van der Waals surface area contributed by atoms with E-state index in [9.17, 15) is 5.11 Å². The largest absolute Gasteiger partial charge is 0.393 e. The first-order valence-electron chi connectivity index (χ1n) is 6.64. The van der Waals surface area contributed by atoms with Crippen molar-refractivity contribution in [2.45, 2.75) is 38.7 Å². The quantitative estimate of drug-likeness (QED) is 0.859. The lowest BCUT2D eigenvalue weighted by Crippen LogP contribution is -2.30. The van der Waals surface area contributed by atoms with Gasteiger partial charge in [-0.05, 0) is 31.4 Å². The highest BCUT2D eigenvalue weighted by molar-refractivity contribution is 5.62. The summed E-state index contributed by atoms with van der Waals surface area (Å²) in [5.41, 5.74) is 2.68. The van der Waals surface area contributed by atoms with Crippen molar-refractivity contribution in [2.24, 2.45) is 5.92 Å². The van der Waals surface area contributed by atoms with Crippen LogP contribution < -0.4 is 5.32 Å². The highest BCUT2D eigenvalue weighted by Crippen LogP contribution is 2.26. The monoisotopic (exact) mass is 244 g/mol. The van der Waals surface area contributed by atoms with Crippen molar-refractivity contribution < 1.29 is 5.11 Å². The summed E-state index contributed by atoms with van der Waals surface area (Å²) in [6.45, 7) is 2.75. The van der Waals surface area contributed by atoms with E-state index in [1.165, 1.54) is 6.42 Å². The Bertz CT molecular complexity index is 450. The van der Waals surface area contributed by atoms with Gasteiger partial charge in [-0.3, -0.25) is 0 Å². The minimum atomic E-state index is -0.194. The van der Waals surface area contributed by atoms with Gasteiger partial charge in [0.15, 0.2) is 0 Å². The maximum Gasteiger partial charge on any atom is 0.101 e. The Morgan fingerprint density at radius 2 is 2.17 bits per heavy atom. The Balaban J connectivity index is 2.04. The molecule has 0 spiro atoms. The van der Waals surface area contributed by atoms with Crippen LogP contribution in [0.1, 0.15) is 36.8 Å². The van der Waals surface area contributed by atoms with Crippen LogP contribution in [0, 0.1) is 24.2 Å². The lowest BCUT2D eigenvalue weighted by atomic mass is 9.86. The van der Waals surface area contributed by atoms with Crippen LogP contribution >= 0.6 is 0 Å². The molecule has 0 aliphatic heterocycles. The summed E-state index contributed by atoms with van der Waals surface area (Å²) in [7, 11) is 0. The number of hydrogen-bond acceptors (Lipinski definition) is 3. The molecule has 2 atom stereocenters. The van der Waals surface area contributed by atoms with Crippen molar-refractivity contribution in [2.75, 3.05) is 11.9 Å². The molecule has 0 amide bonds. The first-order valence-corrected chi connectivity index (χ1v) is 6.64. The maximum atomic E-state index is 9.94. The standard InChI is InChI=1S/C15H20N2O/c1-11-5-4-7-12(9-16)15(11)17-10-13-6-2-3-8-14(13)18/h4-5,7,13-14,17-18H,2-3,6,8,10H2,1H3. The molecule has 18 heavy (non-hydrogen) atoms. The zero-order valence-electron chi connectivity index (χ0n) is 10.8. The van der Waals surface area contributed by atoms with Crippen LogP contribution in [-0.2, 0) is 0 Å². The SMILES string of the molecule is Cc1cccc(C#N)c1NCC1CCCCC1O. The van der Waals surface area contributed by atoms with Gasteiger partial charge in [0, 0.05) is 12.5 Å². The molecule has 1 aromatic carbocycles. The Morgan fingerprint density at radius 1 is 1.39 bits per heavy atom. The molecule has 96 valence electrons. The third kappa shape index (κ3) is 2.83. The van der Waals surface area contributed by atoms with E-state index in [4.69, 9.17) is 5.26 Å². The minimum absolute atomic E-state index is 0.194. The van der Waals surface area contributed by atoms with Gasteiger partial charge in [-0.1, -0.05) is 25.0 Å². The summed E-state index contributed by atoms with van der Waals surface area (Å²) in [4.78, 5) is 0. The molecular weight excluding hydrogens is 224 g/mol. The summed E-state index contributed by atoms with van der Waals surface area (Å²) in [5, 5.41) is 22.4. The van der Waals surface area contributed by atoms with Gasteiger partial charge in [0.1, 0.15) is 6.07 Å². The Hall–Kier alpha value is -1.53. The van der Waals surface area contributed by atoms with Crippen LogP contribution in [0.5, 0.6) is 0 Å². The summed E-state index contributed by atoms with van der Waals surface area (Å²) in [6, 6.07) is 7.93. The zero-order valence-corrected chi connectivity index (χ0v) is 10.8. The molecule has 1 aromatic rings. The molecule has 0 bridgehead atoms. The fourth-order valence-electron chi connectivity index (χ4n) is 2.65. The first-order chi connectivity index (χ1) is 8.72. The number of para-hydroxylation sites is 1. The van der Waals surface area contributed by atoms with Gasteiger partial charge in [-0.2, -0.15) is 5.26 Å². The number of rotatable bonds is 3. The predicted molar refractivity (Wildman–Crippen MR) is 72.3 cm³/mol. The highest BCUT2D eigenvalue weighted by atomic mass is 16.3. The molecular formula is C15H20N2O. The molecule has 1 aliphatic rings. The predicted octanol–water partition coefficient (Wildman–Crippen LogP) is 2.83. The number of nitrogens with zero attached hydrogens (tertiary/aromatic N) is 1. The van der Waals surface area contributed by atoms with Crippen LogP contribution in [0.2, 0.25) is 0 Å². The molecule has 1 aliphatic carbocycles. The molecule has 3 nitrogen and oxygen atoms in total. The second-order valence-corrected chi connectivity index (χ2v) is 5.10. The Labute approximate surface area is 108 Å². The summed E-state index contributed by atoms with van der Waals surface area (Å²) in [5.74, 6) is 0.310. The number of aryl methyl sites for hydroxylation is 1. The van der Waals surface area contributed by atoms with E-state index in [1.807, 2.05) is 25.1 Å². The van der Waals surface area contributed by atoms with Crippen LogP contribution in [0.15, 0.2) is 18.2 Å². The smallest absolute Gasteiger partial charge is 0.101 e. The van der Waals surface area contributed by atoms with Crippen molar-refractivity contribution in [1.82, 2.24) is 0 Å². The average Bonchev–Trinajstić information content (AvgIpc) is 2.39. The highest BCUT2D eigenvalue weighted by Gasteiger charge is 2.22. The fraction of sp³-hybridized carbons (Fsp3) is 0.533. The summed E-state index contributed by atoms with van der Waals surface area (Å²) in [6.07, 6.45) is 4.11. The lowest BCUT2D eigenvalue weighted by Gasteiger charge is -2.28. The maximum absolute atomic E-state index is 9.94. The number of anilines is 1. The normalized spacial score (nSPS) is 23.4. The van der Waals surface area contributed by atoms with Gasteiger partial charge in [-0.25, -0.2) is 0 Å². The van der Waals surface area contributed by atoms with Crippen LogP contribution in [0.25, 0.3) is 0 Å². The van der Waals surface area contributed by atoms with E-state index >= 15 is 0 Å². The van der Waals surface area contributed by atoms with Gasteiger partial charge in [0.05, 0.1) is 17.4 Å². The second kappa shape index (κ2) is 5.88. The number of aliphatic hydroxyl groups is 1. The molecule has 3 heteroatoms. The fourth-order valence-corrected chi connectivity index (χ4v) is 2.65. The topological polar surface area (TPSA) is 56.0 Å². The minimum Gasteiger partial charge on any atom is -0.393 e. The van der Waals surface area contributed by atoms with E-state index in [0.717, 1.165) is 37.1 Å². The molecule has 2 unspecified atom stereocenters. The molecule has 1 saturated carbocycles. The molecule has 0 heterocycles. The molecule has 2 rings (SSSR count). The molecule has 0 aromatic heterocycles. The van der Waals surface area contributed by atoms with Gasteiger partial charge >= 0.3 is 0 Å². The Morgan fingerprint density at radius 3 is 2.89 bits per heavy atom. The molecule has 0 radical (unpaired) electrons. The van der Waals surface area contributed by atoms with Crippen LogP contribution in [0.3, 0.4) is 0 Å².